The Balaban J connectivity index is 1.92. The molecule has 2 aliphatic rings. The summed E-state index contributed by atoms with van der Waals surface area (Å²) in [7, 11) is 0. The smallest absolute Gasteiger partial charge is 0.0743 e. The second kappa shape index (κ2) is 6.14. The van der Waals surface area contributed by atoms with Crippen molar-refractivity contribution in [2.75, 3.05) is 39.3 Å². The van der Waals surface area contributed by atoms with Gasteiger partial charge < -0.3 is 10.5 Å². The lowest BCUT2D eigenvalue weighted by Gasteiger charge is -2.44. The van der Waals surface area contributed by atoms with Gasteiger partial charge in [0.2, 0.25) is 0 Å². The fourth-order valence-corrected chi connectivity index (χ4v) is 3.24. The Kier molecular flexibility index (Phi) is 4.79. The number of hydrogen-bond donors (Lipinski definition) is 1. The third-order valence-electron chi connectivity index (χ3n) is 4.31. The zero-order valence-corrected chi connectivity index (χ0v) is 11.3. The summed E-state index contributed by atoms with van der Waals surface area (Å²) >= 11 is 0. The summed E-state index contributed by atoms with van der Waals surface area (Å²) < 4.78 is 5.81. The van der Waals surface area contributed by atoms with Gasteiger partial charge in [0.15, 0.2) is 0 Å². The molecule has 3 atom stereocenters. The monoisotopic (exact) mass is 241 g/mol. The maximum atomic E-state index is 5.96. The van der Waals surface area contributed by atoms with Gasteiger partial charge in [-0.1, -0.05) is 6.92 Å². The van der Waals surface area contributed by atoms with Crippen molar-refractivity contribution in [3.05, 3.63) is 0 Å². The van der Waals surface area contributed by atoms with Crippen molar-refractivity contribution in [2.24, 2.45) is 5.73 Å². The van der Waals surface area contributed by atoms with Gasteiger partial charge in [-0.25, -0.2) is 0 Å². The van der Waals surface area contributed by atoms with E-state index in [2.05, 4.69) is 23.6 Å². The molecule has 2 rings (SSSR count). The van der Waals surface area contributed by atoms with Crippen molar-refractivity contribution in [2.45, 2.75) is 44.9 Å². The minimum Gasteiger partial charge on any atom is -0.377 e. The van der Waals surface area contributed by atoms with Gasteiger partial charge in [0.25, 0.3) is 0 Å². The van der Waals surface area contributed by atoms with Crippen molar-refractivity contribution in [1.82, 2.24) is 9.80 Å². The minimum atomic E-state index is 0.375. The van der Waals surface area contributed by atoms with Crippen molar-refractivity contribution in [3.8, 4) is 0 Å². The molecule has 2 heterocycles. The molecule has 4 heteroatoms. The van der Waals surface area contributed by atoms with E-state index in [1.165, 1.54) is 19.4 Å². The zero-order valence-electron chi connectivity index (χ0n) is 11.3. The molecule has 0 amide bonds. The van der Waals surface area contributed by atoms with E-state index < -0.39 is 0 Å². The molecule has 0 aromatic carbocycles. The van der Waals surface area contributed by atoms with Crippen LogP contribution in [0.3, 0.4) is 0 Å². The number of likely N-dealkylation sites (N-methyl/N-ethyl adjacent to an activating group) is 1. The first-order valence-electron chi connectivity index (χ1n) is 7.06. The lowest BCUT2D eigenvalue weighted by atomic mass is 10.0. The van der Waals surface area contributed by atoms with Crippen LogP contribution in [-0.4, -0.2) is 67.3 Å². The molecular formula is C13H27N3O. The van der Waals surface area contributed by atoms with Gasteiger partial charge in [0, 0.05) is 44.9 Å². The van der Waals surface area contributed by atoms with Crippen LogP contribution in [0.4, 0.5) is 0 Å². The van der Waals surface area contributed by atoms with Gasteiger partial charge in [-0.3, -0.25) is 9.80 Å². The molecule has 2 saturated heterocycles. The van der Waals surface area contributed by atoms with E-state index in [0.29, 0.717) is 18.2 Å². The van der Waals surface area contributed by atoms with E-state index in [1.807, 2.05) is 0 Å². The van der Waals surface area contributed by atoms with Crippen LogP contribution in [0, 0.1) is 0 Å². The Bertz CT molecular complexity index is 231. The van der Waals surface area contributed by atoms with Gasteiger partial charge >= 0.3 is 0 Å². The highest BCUT2D eigenvalue weighted by atomic mass is 16.5. The van der Waals surface area contributed by atoms with Crippen LogP contribution in [-0.2, 0) is 4.74 Å². The number of ether oxygens (including phenoxy) is 1. The first-order chi connectivity index (χ1) is 8.26. The number of nitrogens with two attached hydrogens (primary N) is 1. The normalized spacial score (nSPS) is 34.1. The molecule has 0 radical (unpaired) electrons. The predicted molar refractivity (Wildman–Crippen MR) is 70.1 cm³/mol. The van der Waals surface area contributed by atoms with Crippen molar-refractivity contribution >= 4 is 0 Å². The average Bonchev–Trinajstić information content (AvgIpc) is 2.84. The maximum Gasteiger partial charge on any atom is 0.0743 e. The molecule has 0 bridgehead atoms. The van der Waals surface area contributed by atoms with Crippen molar-refractivity contribution in [3.63, 3.8) is 0 Å². The number of nitrogens with zero attached hydrogens (tertiary/aromatic N) is 2. The van der Waals surface area contributed by atoms with Crippen LogP contribution >= 0.6 is 0 Å². The molecule has 0 saturated carbocycles. The highest BCUT2D eigenvalue weighted by molar-refractivity contribution is 4.89. The first-order valence-corrected chi connectivity index (χ1v) is 7.06. The topological polar surface area (TPSA) is 41.7 Å². The van der Waals surface area contributed by atoms with Crippen LogP contribution < -0.4 is 5.73 Å². The number of hydrogen-bond acceptors (Lipinski definition) is 4. The summed E-state index contributed by atoms with van der Waals surface area (Å²) in [5.41, 5.74) is 5.96. The molecule has 100 valence electrons. The average molecular weight is 241 g/mol. The van der Waals surface area contributed by atoms with E-state index in [0.717, 1.165) is 32.8 Å². The van der Waals surface area contributed by atoms with Crippen LogP contribution in [0.25, 0.3) is 0 Å². The molecule has 3 unspecified atom stereocenters. The summed E-state index contributed by atoms with van der Waals surface area (Å²) in [5, 5.41) is 0. The summed E-state index contributed by atoms with van der Waals surface area (Å²) in [6.45, 7) is 10.8. The minimum absolute atomic E-state index is 0.375. The summed E-state index contributed by atoms with van der Waals surface area (Å²) in [6, 6.07) is 1.07. The fourth-order valence-electron chi connectivity index (χ4n) is 3.24. The van der Waals surface area contributed by atoms with Gasteiger partial charge in [-0.2, -0.15) is 0 Å². The third kappa shape index (κ3) is 2.99. The van der Waals surface area contributed by atoms with Crippen molar-refractivity contribution in [1.29, 1.82) is 0 Å². The van der Waals surface area contributed by atoms with Gasteiger partial charge in [0.1, 0.15) is 0 Å². The molecule has 2 N–H and O–H groups in total. The Labute approximate surface area is 105 Å². The van der Waals surface area contributed by atoms with E-state index >= 15 is 0 Å². The van der Waals surface area contributed by atoms with Crippen molar-refractivity contribution < 1.29 is 4.74 Å². The summed E-state index contributed by atoms with van der Waals surface area (Å²) in [6.07, 6.45) is 2.76. The molecule has 0 aromatic heterocycles. The Morgan fingerprint density at radius 2 is 2.24 bits per heavy atom. The van der Waals surface area contributed by atoms with E-state index in [9.17, 15) is 0 Å². The second-order valence-electron chi connectivity index (χ2n) is 5.33. The first kappa shape index (κ1) is 13.3. The van der Waals surface area contributed by atoms with E-state index in [4.69, 9.17) is 10.5 Å². The molecule has 2 fully saturated rings. The lowest BCUT2D eigenvalue weighted by molar-refractivity contribution is -0.00792. The zero-order chi connectivity index (χ0) is 12.3. The molecule has 0 aliphatic carbocycles. The predicted octanol–water partition coefficient (Wildman–Crippen LogP) is 0.519. The van der Waals surface area contributed by atoms with E-state index in [-0.39, 0.29) is 0 Å². The molecule has 2 aliphatic heterocycles. The summed E-state index contributed by atoms with van der Waals surface area (Å²) in [5.74, 6) is 0. The molecular weight excluding hydrogens is 214 g/mol. The largest absolute Gasteiger partial charge is 0.377 e. The van der Waals surface area contributed by atoms with Crippen LogP contribution in [0.1, 0.15) is 26.7 Å². The van der Waals surface area contributed by atoms with Crippen LogP contribution in [0.15, 0.2) is 0 Å². The SMILES string of the molecule is CCN1CCN(C(CN)C2CCCO2)CC1C. The third-order valence-corrected chi connectivity index (χ3v) is 4.31. The number of rotatable bonds is 4. The molecule has 0 aromatic rings. The standard InChI is InChI=1S/C13H27N3O/c1-3-15-6-7-16(10-11(15)2)12(9-14)13-5-4-8-17-13/h11-13H,3-10,14H2,1-2H3. The maximum absolute atomic E-state index is 5.96. The highest BCUT2D eigenvalue weighted by Crippen LogP contribution is 2.21. The second-order valence-corrected chi connectivity index (χ2v) is 5.33. The van der Waals surface area contributed by atoms with E-state index in [1.54, 1.807) is 0 Å². The number of piperazine rings is 1. The Hall–Kier alpha value is -0.160. The Morgan fingerprint density at radius 3 is 2.76 bits per heavy atom. The van der Waals surface area contributed by atoms with Crippen LogP contribution in [0.5, 0.6) is 0 Å². The summed E-state index contributed by atoms with van der Waals surface area (Å²) in [4.78, 5) is 5.09. The lowest BCUT2D eigenvalue weighted by Crippen LogP contribution is -2.58. The molecule has 0 spiro atoms. The molecule has 4 nitrogen and oxygen atoms in total. The Morgan fingerprint density at radius 1 is 1.41 bits per heavy atom. The van der Waals surface area contributed by atoms with Gasteiger partial charge in [-0.15, -0.1) is 0 Å². The quantitative estimate of drug-likeness (QED) is 0.779. The highest BCUT2D eigenvalue weighted by Gasteiger charge is 2.33. The van der Waals surface area contributed by atoms with Crippen LogP contribution in [0.2, 0.25) is 0 Å². The fraction of sp³-hybridized carbons (Fsp3) is 1.00. The van der Waals surface area contributed by atoms with Gasteiger partial charge in [-0.05, 0) is 26.3 Å². The molecule has 17 heavy (non-hydrogen) atoms. The van der Waals surface area contributed by atoms with Gasteiger partial charge in [0.05, 0.1) is 6.10 Å².